The molecule has 0 saturated heterocycles. The first-order chi connectivity index (χ1) is 15.9. The fraction of sp³-hybridized carbons (Fsp3) is 0.208. The average molecular weight is 511 g/mol. The number of hydrogen-bond acceptors (Lipinski definition) is 6. The number of amides is 1. The molecular formula is C24H25Cl2FN2O5. The van der Waals surface area contributed by atoms with Gasteiger partial charge in [0.25, 0.3) is 5.91 Å². The summed E-state index contributed by atoms with van der Waals surface area (Å²) in [6.07, 6.45) is 0.742. The number of nitrogens with two attached hydrogens (primary N) is 1. The summed E-state index contributed by atoms with van der Waals surface area (Å²) in [5.41, 5.74) is 6.67. The van der Waals surface area contributed by atoms with Crippen LogP contribution in [0.3, 0.4) is 0 Å². The molecule has 0 radical (unpaired) electrons. The first-order valence-corrected chi connectivity index (χ1v) is 10.4. The van der Waals surface area contributed by atoms with Gasteiger partial charge >= 0.3 is 0 Å². The van der Waals surface area contributed by atoms with E-state index in [1.165, 1.54) is 39.5 Å². The maximum atomic E-state index is 14.2. The fourth-order valence-corrected chi connectivity index (χ4v) is 3.38. The molecule has 0 saturated carbocycles. The third-order valence-corrected chi connectivity index (χ3v) is 5.01. The van der Waals surface area contributed by atoms with Crippen molar-refractivity contribution < 1.29 is 28.1 Å². The summed E-state index contributed by atoms with van der Waals surface area (Å²) in [4.78, 5) is 13.1. The zero-order valence-corrected chi connectivity index (χ0v) is 20.4. The number of nitrogens with one attached hydrogen (secondary N) is 1. The summed E-state index contributed by atoms with van der Waals surface area (Å²) in [6.45, 7) is 0.538. The van der Waals surface area contributed by atoms with E-state index in [-0.39, 0.29) is 51.7 Å². The Morgan fingerprint density at radius 2 is 1.62 bits per heavy atom. The van der Waals surface area contributed by atoms with E-state index in [1.54, 1.807) is 12.1 Å². The molecule has 0 fully saturated rings. The molecule has 0 aliphatic carbocycles. The summed E-state index contributed by atoms with van der Waals surface area (Å²) in [6, 6.07) is 12.7. The van der Waals surface area contributed by atoms with Crippen LogP contribution >= 0.6 is 24.0 Å². The van der Waals surface area contributed by atoms with Gasteiger partial charge in [-0.2, -0.15) is 0 Å². The Bertz CT molecular complexity index is 1140. The zero-order valence-electron chi connectivity index (χ0n) is 18.8. The number of halogens is 3. The molecule has 34 heavy (non-hydrogen) atoms. The Hall–Kier alpha value is -3.20. The van der Waals surface area contributed by atoms with Crippen LogP contribution in [0.4, 0.5) is 10.1 Å². The van der Waals surface area contributed by atoms with Crippen LogP contribution in [0.25, 0.3) is 0 Å². The number of carbonyl (C=O) groups is 1. The Balaban J connectivity index is 0.00000408. The quantitative estimate of drug-likeness (QED) is 0.396. The van der Waals surface area contributed by atoms with Gasteiger partial charge in [0.05, 0.1) is 32.6 Å². The maximum Gasteiger partial charge on any atom is 0.259 e. The second-order valence-electron chi connectivity index (χ2n) is 6.88. The highest BCUT2D eigenvalue weighted by Gasteiger charge is 2.26. The van der Waals surface area contributed by atoms with Gasteiger partial charge in [-0.25, -0.2) is 4.39 Å². The lowest BCUT2D eigenvalue weighted by Crippen LogP contribution is -2.15. The standard InChI is InChI=1S/C24H24ClFN2O5.ClH/c1-30-21-17(24(29)28-19-9-6-15(25)12-18(19)26)13-20(22(31-2)23(21)32-3)33-16-7-4-14(5-8-16)10-11-27;/h4-9,12-13H,10-11,27H2,1-3H3,(H,28,29);1H. The highest BCUT2D eigenvalue weighted by Crippen LogP contribution is 2.48. The molecule has 0 heterocycles. The monoisotopic (exact) mass is 510 g/mol. The Kier molecular flexibility index (Phi) is 9.80. The molecule has 7 nitrogen and oxygen atoms in total. The van der Waals surface area contributed by atoms with Crippen LogP contribution in [-0.2, 0) is 6.42 Å². The van der Waals surface area contributed by atoms with Gasteiger partial charge in [-0.3, -0.25) is 4.79 Å². The molecule has 1 amide bonds. The van der Waals surface area contributed by atoms with Crippen LogP contribution in [0.5, 0.6) is 28.7 Å². The van der Waals surface area contributed by atoms with Gasteiger partial charge in [-0.15, -0.1) is 12.4 Å². The highest BCUT2D eigenvalue weighted by atomic mass is 35.5. The molecule has 3 aromatic carbocycles. The summed E-state index contributed by atoms with van der Waals surface area (Å²) >= 11 is 5.79. The number of methoxy groups -OCH3 is 3. The third-order valence-electron chi connectivity index (χ3n) is 4.78. The molecule has 3 N–H and O–H groups in total. The first kappa shape index (κ1) is 27.0. The van der Waals surface area contributed by atoms with E-state index in [4.69, 9.17) is 36.3 Å². The topological polar surface area (TPSA) is 92.0 Å². The Labute approximate surface area is 208 Å². The Morgan fingerprint density at radius 3 is 2.18 bits per heavy atom. The van der Waals surface area contributed by atoms with Gasteiger partial charge in [0.15, 0.2) is 11.5 Å². The predicted molar refractivity (Wildman–Crippen MR) is 132 cm³/mol. The number of benzene rings is 3. The van der Waals surface area contributed by atoms with Crippen LogP contribution in [0.1, 0.15) is 15.9 Å². The van der Waals surface area contributed by atoms with Crippen LogP contribution in [0, 0.1) is 5.82 Å². The highest BCUT2D eigenvalue weighted by molar-refractivity contribution is 6.30. The van der Waals surface area contributed by atoms with Gasteiger partial charge in [0.1, 0.15) is 11.6 Å². The molecule has 0 aliphatic rings. The van der Waals surface area contributed by atoms with Gasteiger partial charge in [0, 0.05) is 11.1 Å². The predicted octanol–water partition coefficient (Wildman–Crippen LogP) is 5.47. The van der Waals surface area contributed by atoms with Gasteiger partial charge in [0.2, 0.25) is 11.5 Å². The molecule has 0 aliphatic heterocycles. The van der Waals surface area contributed by atoms with Crippen LogP contribution in [0.15, 0.2) is 48.5 Å². The lowest BCUT2D eigenvalue weighted by atomic mass is 10.1. The average Bonchev–Trinajstić information content (AvgIpc) is 2.81. The van der Waals surface area contributed by atoms with Gasteiger partial charge < -0.3 is 30.0 Å². The maximum absolute atomic E-state index is 14.2. The lowest BCUT2D eigenvalue weighted by molar-refractivity contribution is 0.102. The molecule has 182 valence electrons. The lowest BCUT2D eigenvalue weighted by Gasteiger charge is -2.19. The molecule has 0 spiro atoms. The van der Waals surface area contributed by atoms with E-state index in [0.29, 0.717) is 12.3 Å². The minimum atomic E-state index is -0.677. The molecule has 0 unspecified atom stereocenters. The number of carbonyl (C=O) groups excluding carboxylic acids is 1. The van der Waals surface area contributed by atoms with Crippen LogP contribution in [-0.4, -0.2) is 33.8 Å². The fourth-order valence-electron chi connectivity index (χ4n) is 3.22. The van der Waals surface area contributed by atoms with Gasteiger partial charge in [-0.1, -0.05) is 23.7 Å². The van der Waals surface area contributed by atoms with E-state index >= 15 is 0 Å². The van der Waals surface area contributed by atoms with Crippen molar-refractivity contribution in [2.75, 3.05) is 33.2 Å². The van der Waals surface area contributed by atoms with Gasteiger partial charge in [-0.05, 0) is 48.9 Å². The van der Waals surface area contributed by atoms with Crippen molar-refractivity contribution in [2.24, 2.45) is 5.73 Å². The molecular weight excluding hydrogens is 486 g/mol. The number of hydrogen-bond donors (Lipinski definition) is 2. The molecule has 0 atom stereocenters. The van der Waals surface area contributed by atoms with Crippen molar-refractivity contribution in [2.45, 2.75) is 6.42 Å². The first-order valence-electron chi connectivity index (χ1n) is 9.98. The summed E-state index contributed by atoms with van der Waals surface area (Å²) in [5.74, 6) is -0.109. The molecule has 0 aromatic heterocycles. The second kappa shape index (κ2) is 12.3. The van der Waals surface area contributed by atoms with Crippen molar-refractivity contribution in [3.63, 3.8) is 0 Å². The zero-order chi connectivity index (χ0) is 24.0. The van der Waals surface area contributed by atoms with E-state index in [1.807, 2.05) is 12.1 Å². The van der Waals surface area contributed by atoms with Crippen LogP contribution in [0.2, 0.25) is 5.02 Å². The smallest absolute Gasteiger partial charge is 0.259 e. The largest absolute Gasteiger partial charge is 0.492 e. The second-order valence-corrected chi connectivity index (χ2v) is 7.32. The number of anilines is 1. The van der Waals surface area contributed by atoms with E-state index in [2.05, 4.69) is 5.32 Å². The minimum Gasteiger partial charge on any atom is -0.492 e. The molecule has 0 bridgehead atoms. The van der Waals surface area contributed by atoms with Crippen molar-refractivity contribution in [1.29, 1.82) is 0 Å². The molecule has 3 aromatic rings. The summed E-state index contributed by atoms with van der Waals surface area (Å²) in [5, 5.41) is 2.72. The summed E-state index contributed by atoms with van der Waals surface area (Å²) < 4.78 is 36.6. The number of rotatable bonds is 9. The van der Waals surface area contributed by atoms with E-state index in [0.717, 1.165) is 18.1 Å². The van der Waals surface area contributed by atoms with E-state index in [9.17, 15) is 9.18 Å². The Morgan fingerprint density at radius 1 is 0.971 bits per heavy atom. The normalized spacial score (nSPS) is 10.2. The van der Waals surface area contributed by atoms with Crippen molar-refractivity contribution in [3.05, 3.63) is 70.5 Å². The third kappa shape index (κ3) is 6.02. The van der Waals surface area contributed by atoms with E-state index < -0.39 is 11.7 Å². The number of ether oxygens (including phenoxy) is 4. The SMILES string of the molecule is COc1c(Oc2ccc(CCN)cc2)cc(C(=O)Nc2ccc(Cl)cc2F)c(OC)c1OC.Cl. The molecule has 3 rings (SSSR count). The van der Waals surface area contributed by atoms with Crippen LogP contribution < -0.4 is 30.0 Å². The summed E-state index contributed by atoms with van der Waals surface area (Å²) in [7, 11) is 4.23. The molecule has 10 heteroatoms. The minimum absolute atomic E-state index is 0. The van der Waals surface area contributed by atoms with Crippen molar-refractivity contribution in [3.8, 4) is 28.7 Å². The van der Waals surface area contributed by atoms with Crippen molar-refractivity contribution >= 4 is 35.6 Å². The van der Waals surface area contributed by atoms with Crippen molar-refractivity contribution in [1.82, 2.24) is 0 Å².